The van der Waals surface area contributed by atoms with Crippen molar-refractivity contribution < 1.29 is 27.5 Å². The van der Waals surface area contributed by atoms with E-state index in [1.165, 1.54) is 16.4 Å². The molecule has 2 amide bonds. The zero-order valence-corrected chi connectivity index (χ0v) is 21.5. The summed E-state index contributed by atoms with van der Waals surface area (Å²) in [5.41, 5.74) is 2.43. The summed E-state index contributed by atoms with van der Waals surface area (Å²) in [6.07, 6.45) is 0. The Bertz CT molecular complexity index is 1370. The molecule has 194 valence electrons. The molecule has 1 aliphatic rings. The lowest BCUT2D eigenvalue weighted by Crippen LogP contribution is -2.40. The number of nitrogens with one attached hydrogen (secondary N) is 2. The second-order valence-corrected chi connectivity index (χ2v) is 10.4. The van der Waals surface area contributed by atoms with Gasteiger partial charge in [-0.3, -0.25) is 9.59 Å². The van der Waals surface area contributed by atoms with Gasteiger partial charge in [0.1, 0.15) is 5.75 Å². The molecule has 10 heteroatoms. The monoisotopic (exact) mass is 523 g/mol. The number of morpholine rings is 1. The van der Waals surface area contributed by atoms with Gasteiger partial charge in [-0.15, -0.1) is 0 Å². The molecule has 2 N–H and O–H groups in total. The Labute approximate surface area is 216 Å². The van der Waals surface area contributed by atoms with E-state index in [-0.39, 0.29) is 29.5 Å². The number of hydrogen-bond donors (Lipinski definition) is 2. The number of aryl methyl sites for hydroxylation is 1. The smallest absolute Gasteiger partial charge is 0.255 e. The third kappa shape index (κ3) is 6.34. The molecule has 3 aromatic carbocycles. The Kier molecular flexibility index (Phi) is 8.22. The molecule has 0 saturated carbocycles. The first-order valence-electron chi connectivity index (χ1n) is 11.9. The van der Waals surface area contributed by atoms with Crippen molar-refractivity contribution in [3.8, 4) is 5.75 Å². The molecule has 0 spiro atoms. The Hall–Kier alpha value is -3.73. The van der Waals surface area contributed by atoms with E-state index < -0.39 is 15.9 Å². The topological polar surface area (TPSA) is 114 Å². The third-order valence-electron chi connectivity index (χ3n) is 5.89. The number of carbonyl (C=O) groups excluding carboxylic acids is 2. The number of benzene rings is 3. The SMILES string of the molecule is CCOc1ccc(NC(=O)c2ccc(NC(=O)c3cc(S(=O)(=O)N4CCOCC4)ccc3C)cc2)cc1. The fourth-order valence-corrected chi connectivity index (χ4v) is 5.28. The first kappa shape index (κ1) is 26.3. The largest absolute Gasteiger partial charge is 0.494 e. The number of nitrogens with zero attached hydrogens (tertiary/aromatic N) is 1. The molecule has 3 aromatic rings. The van der Waals surface area contributed by atoms with Gasteiger partial charge in [0.25, 0.3) is 11.8 Å². The van der Waals surface area contributed by atoms with Gasteiger partial charge < -0.3 is 20.1 Å². The van der Waals surface area contributed by atoms with Gasteiger partial charge in [0.2, 0.25) is 10.0 Å². The van der Waals surface area contributed by atoms with E-state index in [0.717, 1.165) is 5.75 Å². The van der Waals surface area contributed by atoms with Gasteiger partial charge in [-0.1, -0.05) is 6.07 Å². The lowest BCUT2D eigenvalue weighted by molar-refractivity contribution is 0.0730. The summed E-state index contributed by atoms with van der Waals surface area (Å²) >= 11 is 0. The standard InChI is InChI=1S/C27H29N3O6S/c1-3-36-23-11-9-22(10-12-23)28-26(31)20-5-7-21(8-6-20)29-27(32)25-18-24(13-4-19(25)2)37(33,34)30-14-16-35-17-15-30/h4-13,18H,3,14-17H2,1-2H3,(H,28,31)(H,29,32). The molecular weight excluding hydrogens is 494 g/mol. The maximum atomic E-state index is 13.0. The Morgan fingerprint density at radius 3 is 2.11 bits per heavy atom. The fourth-order valence-electron chi connectivity index (χ4n) is 3.85. The molecule has 9 nitrogen and oxygen atoms in total. The van der Waals surface area contributed by atoms with Gasteiger partial charge in [0.15, 0.2) is 0 Å². The highest BCUT2D eigenvalue weighted by atomic mass is 32.2. The Balaban J connectivity index is 1.43. The van der Waals surface area contributed by atoms with E-state index in [2.05, 4.69) is 10.6 Å². The average molecular weight is 524 g/mol. The van der Waals surface area contributed by atoms with Crippen molar-refractivity contribution in [1.82, 2.24) is 4.31 Å². The highest BCUT2D eigenvalue weighted by Gasteiger charge is 2.27. The van der Waals surface area contributed by atoms with Crippen LogP contribution in [0.5, 0.6) is 5.75 Å². The van der Waals surface area contributed by atoms with Crippen LogP contribution in [0.2, 0.25) is 0 Å². The van der Waals surface area contributed by atoms with Crippen molar-refractivity contribution in [2.24, 2.45) is 0 Å². The summed E-state index contributed by atoms with van der Waals surface area (Å²) in [4.78, 5) is 25.6. The predicted octanol–water partition coefficient (Wildman–Crippen LogP) is 3.92. The minimum absolute atomic E-state index is 0.0615. The minimum Gasteiger partial charge on any atom is -0.494 e. The van der Waals surface area contributed by atoms with E-state index >= 15 is 0 Å². The van der Waals surface area contributed by atoms with E-state index in [1.54, 1.807) is 61.5 Å². The number of hydrogen-bond acceptors (Lipinski definition) is 6. The fraction of sp³-hybridized carbons (Fsp3) is 0.259. The maximum absolute atomic E-state index is 13.0. The van der Waals surface area contributed by atoms with Crippen LogP contribution in [0.4, 0.5) is 11.4 Å². The first-order chi connectivity index (χ1) is 17.8. The number of rotatable bonds is 8. The van der Waals surface area contributed by atoms with Crippen molar-refractivity contribution in [1.29, 1.82) is 0 Å². The summed E-state index contributed by atoms with van der Waals surface area (Å²) in [7, 11) is -3.73. The molecule has 0 aliphatic carbocycles. The number of carbonyl (C=O) groups is 2. The minimum atomic E-state index is -3.73. The Morgan fingerprint density at radius 1 is 0.892 bits per heavy atom. The molecule has 0 bridgehead atoms. The van der Waals surface area contributed by atoms with Gasteiger partial charge in [-0.25, -0.2) is 8.42 Å². The first-order valence-corrected chi connectivity index (χ1v) is 13.4. The van der Waals surface area contributed by atoms with Gasteiger partial charge in [0.05, 0.1) is 24.7 Å². The number of anilines is 2. The second-order valence-electron chi connectivity index (χ2n) is 8.44. The quantitative estimate of drug-likeness (QED) is 0.463. The van der Waals surface area contributed by atoms with Crippen LogP contribution in [0, 0.1) is 6.92 Å². The van der Waals surface area contributed by atoms with E-state index in [4.69, 9.17) is 9.47 Å². The molecule has 0 radical (unpaired) electrons. The summed E-state index contributed by atoms with van der Waals surface area (Å²) in [6, 6.07) is 18.0. The number of amides is 2. The van der Waals surface area contributed by atoms with Crippen LogP contribution in [0.3, 0.4) is 0 Å². The third-order valence-corrected chi connectivity index (χ3v) is 7.78. The lowest BCUT2D eigenvalue weighted by Gasteiger charge is -2.26. The predicted molar refractivity (Wildman–Crippen MR) is 141 cm³/mol. The molecule has 0 atom stereocenters. The van der Waals surface area contributed by atoms with Crippen LogP contribution in [0.25, 0.3) is 0 Å². The van der Waals surface area contributed by atoms with Gasteiger partial charge in [-0.05, 0) is 80.1 Å². The van der Waals surface area contributed by atoms with Crippen molar-refractivity contribution in [3.05, 3.63) is 83.4 Å². The van der Waals surface area contributed by atoms with Crippen LogP contribution < -0.4 is 15.4 Å². The van der Waals surface area contributed by atoms with Crippen LogP contribution in [-0.2, 0) is 14.8 Å². The lowest BCUT2D eigenvalue weighted by atomic mass is 10.1. The normalized spacial score (nSPS) is 14.1. The Morgan fingerprint density at radius 2 is 1.49 bits per heavy atom. The molecule has 37 heavy (non-hydrogen) atoms. The molecule has 1 aliphatic heterocycles. The van der Waals surface area contributed by atoms with Crippen LogP contribution >= 0.6 is 0 Å². The molecule has 4 rings (SSSR count). The van der Waals surface area contributed by atoms with Crippen molar-refractivity contribution >= 4 is 33.2 Å². The summed E-state index contributed by atoms with van der Waals surface area (Å²) < 4.78 is 38.0. The zero-order chi connectivity index (χ0) is 26.4. The summed E-state index contributed by atoms with van der Waals surface area (Å²) in [5.74, 6) is -0.0120. The maximum Gasteiger partial charge on any atom is 0.255 e. The number of sulfonamides is 1. The molecule has 0 unspecified atom stereocenters. The van der Waals surface area contributed by atoms with Crippen LogP contribution in [-0.4, -0.2) is 57.4 Å². The van der Waals surface area contributed by atoms with Crippen LogP contribution in [0.1, 0.15) is 33.2 Å². The molecule has 1 saturated heterocycles. The highest BCUT2D eigenvalue weighted by molar-refractivity contribution is 7.89. The van der Waals surface area contributed by atoms with E-state index in [0.29, 0.717) is 42.3 Å². The molecule has 0 aromatic heterocycles. The highest BCUT2D eigenvalue weighted by Crippen LogP contribution is 2.22. The molecular formula is C27H29N3O6S. The van der Waals surface area contributed by atoms with Crippen molar-refractivity contribution in [3.63, 3.8) is 0 Å². The van der Waals surface area contributed by atoms with Gasteiger partial charge >= 0.3 is 0 Å². The van der Waals surface area contributed by atoms with E-state index in [1.807, 2.05) is 6.92 Å². The van der Waals surface area contributed by atoms with Crippen molar-refractivity contribution in [2.75, 3.05) is 43.5 Å². The van der Waals surface area contributed by atoms with E-state index in [9.17, 15) is 18.0 Å². The zero-order valence-electron chi connectivity index (χ0n) is 20.7. The van der Waals surface area contributed by atoms with Gasteiger partial charge in [-0.2, -0.15) is 4.31 Å². The van der Waals surface area contributed by atoms with Crippen LogP contribution in [0.15, 0.2) is 71.6 Å². The summed E-state index contributed by atoms with van der Waals surface area (Å²) in [5, 5.41) is 5.60. The summed E-state index contributed by atoms with van der Waals surface area (Å²) in [6.45, 7) is 5.44. The van der Waals surface area contributed by atoms with Crippen molar-refractivity contribution in [2.45, 2.75) is 18.7 Å². The average Bonchev–Trinajstić information content (AvgIpc) is 2.91. The molecule has 1 fully saturated rings. The van der Waals surface area contributed by atoms with Gasteiger partial charge in [0, 0.05) is 35.6 Å². The number of ether oxygens (including phenoxy) is 2. The molecule has 1 heterocycles. The second kappa shape index (κ2) is 11.5.